The lowest BCUT2D eigenvalue weighted by Gasteiger charge is -2.38. The number of allylic oxidation sites excluding steroid dienone is 2. The molecule has 0 amide bonds. The highest BCUT2D eigenvalue weighted by molar-refractivity contribution is 5.68. The van der Waals surface area contributed by atoms with Gasteiger partial charge in [-0.2, -0.15) is 0 Å². The van der Waals surface area contributed by atoms with E-state index in [9.17, 15) is 0 Å². The summed E-state index contributed by atoms with van der Waals surface area (Å²) in [6.07, 6.45) is 5.72. The largest absolute Gasteiger partial charge is 0.493 e. The summed E-state index contributed by atoms with van der Waals surface area (Å²) < 4.78 is 17.1. The summed E-state index contributed by atoms with van der Waals surface area (Å²) in [5.74, 6) is 3.82. The molecule has 0 aromatic heterocycles. The molecule has 2 aromatic carbocycles. The van der Waals surface area contributed by atoms with Gasteiger partial charge in [0, 0.05) is 5.92 Å². The molecule has 2 aliphatic rings. The average molecular weight is 380 g/mol. The van der Waals surface area contributed by atoms with Crippen LogP contribution in [0.3, 0.4) is 0 Å². The SMILES string of the molecule is COc1ccc(C2Nc3c(OCC(C)C)cccc3C3C=CCC32)cc1OC. The van der Waals surface area contributed by atoms with Crippen molar-refractivity contribution in [3.8, 4) is 17.2 Å². The van der Waals surface area contributed by atoms with Crippen molar-refractivity contribution in [1.29, 1.82) is 0 Å². The van der Waals surface area contributed by atoms with E-state index in [4.69, 9.17) is 14.2 Å². The Balaban J connectivity index is 1.73. The number of fused-ring (bicyclic) bond motifs is 3. The minimum absolute atomic E-state index is 0.191. The summed E-state index contributed by atoms with van der Waals surface area (Å²) in [6.45, 7) is 5.05. The van der Waals surface area contributed by atoms with Gasteiger partial charge in [0.05, 0.1) is 32.6 Å². The topological polar surface area (TPSA) is 39.7 Å². The van der Waals surface area contributed by atoms with Crippen molar-refractivity contribution in [1.82, 2.24) is 0 Å². The van der Waals surface area contributed by atoms with Gasteiger partial charge in [0.2, 0.25) is 0 Å². The van der Waals surface area contributed by atoms with Crippen LogP contribution in [0.1, 0.15) is 43.4 Å². The highest BCUT2D eigenvalue weighted by Crippen LogP contribution is 2.52. The maximum atomic E-state index is 6.15. The molecule has 1 N–H and O–H groups in total. The van der Waals surface area contributed by atoms with Crippen LogP contribution in [0.25, 0.3) is 0 Å². The van der Waals surface area contributed by atoms with Gasteiger partial charge in [-0.05, 0) is 47.6 Å². The minimum Gasteiger partial charge on any atom is -0.493 e. The number of rotatable bonds is 6. The highest BCUT2D eigenvalue weighted by Gasteiger charge is 2.39. The van der Waals surface area contributed by atoms with E-state index in [-0.39, 0.29) is 6.04 Å². The molecule has 148 valence electrons. The Kier molecular flexibility index (Phi) is 5.21. The maximum absolute atomic E-state index is 6.15. The zero-order valence-corrected chi connectivity index (χ0v) is 17.1. The Bertz CT molecular complexity index is 874. The van der Waals surface area contributed by atoms with Crippen LogP contribution < -0.4 is 19.5 Å². The van der Waals surface area contributed by atoms with Gasteiger partial charge in [-0.1, -0.05) is 44.2 Å². The van der Waals surface area contributed by atoms with Crippen LogP contribution in [-0.2, 0) is 0 Å². The first-order valence-corrected chi connectivity index (χ1v) is 10.0. The summed E-state index contributed by atoms with van der Waals surface area (Å²) in [7, 11) is 3.35. The van der Waals surface area contributed by atoms with Crippen LogP contribution in [0.15, 0.2) is 48.6 Å². The van der Waals surface area contributed by atoms with Gasteiger partial charge < -0.3 is 19.5 Å². The van der Waals surface area contributed by atoms with E-state index in [1.807, 2.05) is 6.07 Å². The molecule has 0 fully saturated rings. The second-order valence-electron chi connectivity index (χ2n) is 8.02. The fourth-order valence-corrected chi connectivity index (χ4v) is 4.35. The van der Waals surface area contributed by atoms with Crippen molar-refractivity contribution in [2.24, 2.45) is 11.8 Å². The van der Waals surface area contributed by atoms with Crippen LogP contribution in [0.2, 0.25) is 0 Å². The third kappa shape index (κ3) is 3.32. The molecular formula is C24H29NO3. The average Bonchev–Trinajstić information content (AvgIpc) is 3.21. The fraction of sp³-hybridized carbons (Fsp3) is 0.417. The van der Waals surface area contributed by atoms with Gasteiger partial charge in [0.15, 0.2) is 11.5 Å². The van der Waals surface area contributed by atoms with Crippen molar-refractivity contribution in [2.45, 2.75) is 32.2 Å². The number of ether oxygens (including phenoxy) is 3. The number of benzene rings is 2. The molecule has 2 aromatic rings. The highest BCUT2D eigenvalue weighted by atomic mass is 16.5. The number of hydrogen-bond acceptors (Lipinski definition) is 4. The fourth-order valence-electron chi connectivity index (χ4n) is 4.35. The number of hydrogen-bond donors (Lipinski definition) is 1. The molecule has 4 heteroatoms. The van der Waals surface area contributed by atoms with Crippen LogP contribution in [-0.4, -0.2) is 20.8 Å². The molecule has 0 saturated heterocycles. The number of anilines is 1. The van der Waals surface area contributed by atoms with Crippen molar-refractivity contribution in [2.75, 3.05) is 26.1 Å². The summed E-state index contributed by atoms with van der Waals surface area (Å²) >= 11 is 0. The lowest BCUT2D eigenvalue weighted by Crippen LogP contribution is -2.29. The molecule has 1 heterocycles. The van der Waals surface area contributed by atoms with Crippen LogP contribution in [0, 0.1) is 11.8 Å². The second-order valence-corrected chi connectivity index (χ2v) is 8.02. The van der Waals surface area contributed by atoms with Gasteiger partial charge in [0.25, 0.3) is 0 Å². The Hall–Kier alpha value is -2.62. The van der Waals surface area contributed by atoms with E-state index in [1.54, 1.807) is 14.2 Å². The zero-order valence-electron chi connectivity index (χ0n) is 17.1. The normalized spacial score (nSPS) is 22.4. The molecule has 3 unspecified atom stereocenters. The second kappa shape index (κ2) is 7.78. The quantitative estimate of drug-likeness (QED) is 0.667. The maximum Gasteiger partial charge on any atom is 0.161 e. The van der Waals surface area contributed by atoms with Crippen molar-refractivity contribution < 1.29 is 14.2 Å². The van der Waals surface area contributed by atoms with Crippen LogP contribution in [0.5, 0.6) is 17.2 Å². The van der Waals surface area contributed by atoms with E-state index in [0.29, 0.717) is 24.4 Å². The molecule has 0 bridgehead atoms. The van der Waals surface area contributed by atoms with E-state index < -0.39 is 0 Å². The lowest BCUT2D eigenvalue weighted by molar-refractivity contribution is 0.270. The molecule has 4 rings (SSSR count). The van der Waals surface area contributed by atoms with Crippen molar-refractivity contribution in [3.05, 3.63) is 59.7 Å². The van der Waals surface area contributed by atoms with Crippen LogP contribution in [0.4, 0.5) is 5.69 Å². The summed E-state index contributed by atoms with van der Waals surface area (Å²) in [5.41, 5.74) is 3.66. The van der Waals surface area contributed by atoms with Crippen molar-refractivity contribution in [3.63, 3.8) is 0 Å². The van der Waals surface area contributed by atoms with E-state index >= 15 is 0 Å². The van der Waals surface area contributed by atoms with E-state index in [1.165, 1.54) is 11.1 Å². The number of para-hydroxylation sites is 1. The third-order valence-electron chi connectivity index (χ3n) is 5.70. The Morgan fingerprint density at radius 3 is 2.61 bits per heavy atom. The Labute approximate surface area is 167 Å². The van der Waals surface area contributed by atoms with Crippen molar-refractivity contribution >= 4 is 5.69 Å². The first kappa shape index (κ1) is 18.7. The van der Waals surface area contributed by atoms with Gasteiger partial charge in [-0.25, -0.2) is 0 Å². The summed E-state index contributed by atoms with van der Waals surface area (Å²) in [4.78, 5) is 0. The molecule has 1 aliphatic heterocycles. The monoisotopic (exact) mass is 379 g/mol. The number of methoxy groups -OCH3 is 2. The molecule has 4 nitrogen and oxygen atoms in total. The van der Waals surface area contributed by atoms with E-state index in [2.05, 4.69) is 61.6 Å². The van der Waals surface area contributed by atoms with E-state index in [0.717, 1.165) is 29.4 Å². The Morgan fingerprint density at radius 2 is 1.86 bits per heavy atom. The van der Waals surface area contributed by atoms with Gasteiger partial charge >= 0.3 is 0 Å². The predicted octanol–water partition coefficient (Wildman–Crippen LogP) is 5.57. The third-order valence-corrected chi connectivity index (χ3v) is 5.70. The predicted molar refractivity (Wildman–Crippen MR) is 113 cm³/mol. The standard InChI is InChI=1S/C24H29NO3/c1-15(2)14-28-21-10-6-9-19-17-7-5-8-18(17)23(25-24(19)21)16-11-12-20(26-3)22(13-16)27-4/h5-7,9-13,15,17-18,23,25H,8,14H2,1-4H3. The van der Waals surface area contributed by atoms with Gasteiger partial charge in [-0.3, -0.25) is 0 Å². The Morgan fingerprint density at radius 1 is 1.04 bits per heavy atom. The summed E-state index contributed by atoms with van der Waals surface area (Å²) in [5, 5.41) is 3.80. The molecule has 3 atom stereocenters. The smallest absolute Gasteiger partial charge is 0.161 e. The zero-order chi connectivity index (χ0) is 19.7. The first-order chi connectivity index (χ1) is 13.6. The molecule has 0 saturated carbocycles. The van der Waals surface area contributed by atoms with Gasteiger partial charge in [-0.15, -0.1) is 0 Å². The molecule has 0 spiro atoms. The molecule has 1 aliphatic carbocycles. The van der Waals surface area contributed by atoms with Gasteiger partial charge in [0.1, 0.15) is 5.75 Å². The molecular weight excluding hydrogens is 350 g/mol. The van der Waals surface area contributed by atoms with Crippen LogP contribution >= 0.6 is 0 Å². The molecule has 28 heavy (non-hydrogen) atoms. The molecule has 0 radical (unpaired) electrons. The lowest BCUT2D eigenvalue weighted by atomic mass is 9.77. The number of nitrogens with one attached hydrogen (secondary N) is 1. The summed E-state index contributed by atoms with van der Waals surface area (Å²) in [6, 6.07) is 12.8. The minimum atomic E-state index is 0.191. The first-order valence-electron chi connectivity index (χ1n) is 10.0.